The van der Waals surface area contributed by atoms with Crippen LogP contribution < -0.4 is 0 Å². The Balaban J connectivity index is 1.87. The Labute approximate surface area is 113 Å². The molecule has 0 spiro atoms. The molecule has 1 aromatic rings. The van der Waals surface area contributed by atoms with Crippen molar-refractivity contribution in [2.24, 2.45) is 0 Å². The highest BCUT2D eigenvalue weighted by molar-refractivity contribution is 9.10. The number of amides is 2. The fourth-order valence-electron chi connectivity index (χ4n) is 2.42. The molecule has 2 aliphatic heterocycles. The molecule has 0 unspecified atom stereocenters. The first-order valence-electron chi connectivity index (χ1n) is 5.94. The largest absolute Gasteiger partial charge is 0.376 e. The summed E-state index contributed by atoms with van der Waals surface area (Å²) in [5.41, 5.74) is 0.966. The number of hydrogen-bond acceptors (Lipinski definition) is 3. The number of carbonyl (C=O) groups is 2. The first kappa shape index (κ1) is 11.9. The van der Waals surface area contributed by atoms with Crippen molar-refractivity contribution in [3.63, 3.8) is 0 Å². The molecule has 5 heteroatoms. The minimum atomic E-state index is -0.216. The van der Waals surface area contributed by atoms with Gasteiger partial charge in [-0.05, 0) is 31.0 Å². The van der Waals surface area contributed by atoms with E-state index in [0.29, 0.717) is 17.7 Å². The maximum Gasteiger partial charge on any atom is 0.261 e. The Hall–Kier alpha value is -1.20. The first-order chi connectivity index (χ1) is 8.66. The zero-order valence-electron chi connectivity index (χ0n) is 9.69. The van der Waals surface area contributed by atoms with Gasteiger partial charge in [-0.25, -0.2) is 0 Å². The zero-order chi connectivity index (χ0) is 12.7. The molecule has 0 radical (unpaired) electrons. The van der Waals surface area contributed by atoms with Gasteiger partial charge in [-0.1, -0.05) is 15.9 Å². The molecule has 0 N–H and O–H groups in total. The van der Waals surface area contributed by atoms with Crippen LogP contribution in [-0.4, -0.2) is 36.0 Å². The van der Waals surface area contributed by atoms with Crippen molar-refractivity contribution < 1.29 is 14.3 Å². The molecule has 1 atom stereocenters. The van der Waals surface area contributed by atoms with Crippen molar-refractivity contribution in [2.45, 2.75) is 18.9 Å². The number of fused-ring (bicyclic) bond motifs is 1. The van der Waals surface area contributed by atoms with Crippen LogP contribution in [0.1, 0.15) is 33.6 Å². The Kier molecular flexibility index (Phi) is 2.95. The van der Waals surface area contributed by atoms with Gasteiger partial charge in [0.2, 0.25) is 0 Å². The van der Waals surface area contributed by atoms with E-state index in [2.05, 4.69) is 15.9 Å². The Morgan fingerprint density at radius 2 is 2.06 bits per heavy atom. The normalized spacial score (nSPS) is 22.7. The minimum absolute atomic E-state index is 0.00403. The summed E-state index contributed by atoms with van der Waals surface area (Å²) in [6.45, 7) is 1.09. The van der Waals surface area contributed by atoms with E-state index in [1.165, 1.54) is 4.90 Å². The molecule has 2 amide bonds. The van der Waals surface area contributed by atoms with Crippen LogP contribution in [0, 0.1) is 0 Å². The third kappa shape index (κ3) is 1.87. The predicted molar refractivity (Wildman–Crippen MR) is 68.5 cm³/mol. The molecular weight excluding hydrogens is 298 g/mol. The van der Waals surface area contributed by atoms with Crippen LogP contribution in [0.15, 0.2) is 22.7 Å². The number of benzene rings is 1. The molecule has 1 aromatic carbocycles. The molecule has 0 bridgehead atoms. The molecule has 18 heavy (non-hydrogen) atoms. The smallest absolute Gasteiger partial charge is 0.261 e. The van der Waals surface area contributed by atoms with Crippen LogP contribution in [0.3, 0.4) is 0 Å². The van der Waals surface area contributed by atoms with E-state index < -0.39 is 0 Å². The summed E-state index contributed by atoms with van der Waals surface area (Å²) in [5, 5.41) is 0. The lowest BCUT2D eigenvalue weighted by molar-refractivity contribution is 0.0475. The van der Waals surface area contributed by atoms with Gasteiger partial charge in [0.15, 0.2) is 0 Å². The molecule has 0 saturated carbocycles. The number of carbonyl (C=O) groups excluding carboxylic acids is 2. The number of imide groups is 1. The fourth-order valence-corrected chi connectivity index (χ4v) is 2.78. The Morgan fingerprint density at radius 3 is 2.78 bits per heavy atom. The van der Waals surface area contributed by atoms with Gasteiger partial charge < -0.3 is 4.74 Å². The number of ether oxygens (including phenoxy) is 1. The van der Waals surface area contributed by atoms with Crippen LogP contribution >= 0.6 is 15.9 Å². The zero-order valence-corrected chi connectivity index (χ0v) is 11.3. The number of hydrogen-bond donors (Lipinski definition) is 0. The van der Waals surface area contributed by atoms with E-state index in [1.54, 1.807) is 18.2 Å². The maximum absolute atomic E-state index is 12.2. The minimum Gasteiger partial charge on any atom is -0.376 e. The molecule has 1 saturated heterocycles. The van der Waals surface area contributed by atoms with Crippen molar-refractivity contribution >= 4 is 27.7 Å². The fraction of sp³-hybridized carbons (Fsp3) is 0.385. The molecular formula is C13H12BrNO3. The monoisotopic (exact) mass is 309 g/mol. The number of halogens is 1. The summed E-state index contributed by atoms with van der Waals surface area (Å²) >= 11 is 3.31. The van der Waals surface area contributed by atoms with E-state index in [9.17, 15) is 9.59 Å². The second kappa shape index (κ2) is 4.48. The quantitative estimate of drug-likeness (QED) is 0.787. The standard InChI is InChI=1S/C13H12BrNO3/c14-8-3-4-10-11(6-8)13(17)15(12(10)16)7-9-2-1-5-18-9/h3-4,6,9H,1-2,5,7H2/t9-/m0/s1. The SMILES string of the molecule is O=C1c2ccc(Br)cc2C(=O)N1C[C@@H]1CCCO1. The van der Waals surface area contributed by atoms with E-state index in [1.807, 2.05) is 0 Å². The Morgan fingerprint density at radius 1 is 1.28 bits per heavy atom. The van der Waals surface area contributed by atoms with Crippen LogP contribution in [0.5, 0.6) is 0 Å². The van der Waals surface area contributed by atoms with Crippen molar-refractivity contribution in [3.8, 4) is 0 Å². The molecule has 0 aromatic heterocycles. The molecule has 0 aliphatic carbocycles. The lowest BCUT2D eigenvalue weighted by atomic mass is 10.1. The highest BCUT2D eigenvalue weighted by Crippen LogP contribution is 2.27. The average molecular weight is 310 g/mol. The lowest BCUT2D eigenvalue weighted by Crippen LogP contribution is -2.36. The molecule has 4 nitrogen and oxygen atoms in total. The molecule has 1 fully saturated rings. The highest BCUT2D eigenvalue weighted by Gasteiger charge is 2.37. The number of rotatable bonds is 2. The van der Waals surface area contributed by atoms with Crippen molar-refractivity contribution in [1.82, 2.24) is 4.90 Å². The summed E-state index contributed by atoms with van der Waals surface area (Å²) in [7, 11) is 0. The van der Waals surface area contributed by atoms with Crippen LogP contribution in [-0.2, 0) is 4.74 Å². The predicted octanol–water partition coefficient (Wildman–Crippen LogP) is 2.22. The van der Waals surface area contributed by atoms with Crippen molar-refractivity contribution in [1.29, 1.82) is 0 Å². The van der Waals surface area contributed by atoms with E-state index in [-0.39, 0.29) is 17.9 Å². The van der Waals surface area contributed by atoms with E-state index >= 15 is 0 Å². The van der Waals surface area contributed by atoms with Gasteiger partial charge in [-0.2, -0.15) is 0 Å². The van der Waals surface area contributed by atoms with Crippen LogP contribution in [0.2, 0.25) is 0 Å². The van der Waals surface area contributed by atoms with Gasteiger partial charge in [-0.15, -0.1) is 0 Å². The van der Waals surface area contributed by atoms with Crippen LogP contribution in [0.4, 0.5) is 0 Å². The van der Waals surface area contributed by atoms with Gasteiger partial charge in [0.1, 0.15) is 0 Å². The van der Waals surface area contributed by atoms with Gasteiger partial charge in [0, 0.05) is 11.1 Å². The highest BCUT2D eigenvalue weighted by atomic mass is 79.9. The first-order valence-corrected chi connectivity index (χ1v) is 6.73. The molecule has 3 rings (SSSR count). The third-order valence-electron chi connectivity index (χ3n) is 3.34. The molecule has 2 heterocycles. The third-order valence-corrected chi connectivity index (χ3v) is 3.84. The molecule has 2 aliphatic rings. The van der Waals surface area contributed by atoms with E-state index in [0.717, 1.165) is 23.9 Å². The van der Waals surface area contributed by atoms with Gasteiger partial charge >= 0.3 is 0 Å². The lowest BCUT2D eigenvalue weighted by Gasteiger charge is -2.17. The summed E-state index contributed by atoms with van der Waals surface area (Å²) in [6.07, 6.45) is 1.91. The van der Waals surface area contributed by atoms with Crippen LogP contribution in [0.25, 0.3) is 0 Å². The van der Waals surface area contributed by atoms with Crippen molar-refractivity contribution in [2.75, 3.05) is 13.2 Å². The van der Waals surface area contributed by atoms with E-state index in [4.69, 9.17) is 4.74 Å². The van der Waals surface area contributed by atoms with Gasteiger partial charge in [0.05, 0.1) is 23.8 Å². The summed E-state index contributed by atoms with van der Waals surface area (Å²) in [6, 6.07) is 5.17. The topological polar surface area (TPSA) is 46.6 Å². The molecule has 94 valence electrons. The van der Waals surface area contributed by atoms with Gasteiger partial charge in [0.25, 0.3) is 11.8 Å². The van der Waals surface area contributed by atoms with Crippen molar-refractivity contribution in [3.05, 3.63) is 33.8 Å². The van der Waals surface area contributed by atoms with Gasteiger partial charge in [-0.3, -0.25) is 14.5 Å². The summed E-state index contributed by atoms with van der Waals surface area (Å²) < 4.78 is 6.29. The Bertz CT molecular complexity index is 523. The second-order valence-electron chi connectivity index (χ2n) is 4.55. The summed E-state index contributed by atoms with van der Waals surface area (Å²) in [5.74, 6) is -0.426. The summed E-state index contributed by atoms with van der Waals surface area (Å²) in [4.78, 5) is 25.6. The maximum atomic E-state index is 12.2. The average Bonchev–Trinajstić information content (AvgIpc) is 2.93. The number of nitrogens with zero attached hydrogens (tertiary/aromatic N) is 1. The second-order valence-corrected chi connectivity index (χ2v) is 5.46.